The summed E-state index contributed by atoms with van der Waals surface area (Å²) in [6.45, 7) is 7.72. The molecule has 1 aromatic rings. The van der Waals surface area contributed by atoms with Crippen LogP contribution in [0.4, 0.5) is 5.82 Å². The molecule has 0 radical (unpaired) electrons. The zero-order valence-corrected chi connectivity index (χ0v) is 10.3. The van der Waals surface area contributed by atoms with Gasteiger partial charge in [0, 0.05) is 25.7 Å². The van der Waals surface area contributed by atoms with Crippen molar-refractivity contribution in [2.24, 2.45) is 0 Å². The number of aromatic nitrogens is 2. The van der Waals surface area contributed by atoms with Crippen LogP contribution in [0.2, 0.25) is 0 Å². The normalized spacial score (nSPS) is 21.8. The lowest BCUT2D eigenvalue weighted by Crippen LogP contribution is -2.53. The standard InChI is InChI=1S/C11H19N5O/c1-3-15-4-5-16(7-8(15)2)11(17)9-6-13-14-10(9)12/h6,8H,3-5,7H2,1-2H3,(H3,12,13,14). The maximum absolute atomic E-state index is 12.2. The van der Waals surface area contributed by atoms with Gasteiger partial charge in [0.25, 0.3) is 5.91 Å². The first kappa shape index (κ1) is 11.9. The molecule has 1 atom stereocenters. The average molecular weight is 237 g/mol. The van der Waals surface area contributed by atoms with Crippen molar-refractivity contribution in [2.75, 3.05) is 31.9 Å². The lowest BCUT2D eigenvalue weighted by Gasteiger charge is -2.39. The highest BCUT2D eigenvalue weighted by Crippen LogP contribution is 2.15. The molecule has 1 unspecified atom stereocenters. The number of hydrogen-bond donors (Lipinski definition) is 2. The number of aromatic amines is 1. The molecule has 2 heterocycles. The second-order valence-corrected chi connectivity index (χ2v) is 4.43. The molecule has 1 aromatic heterocycles. The Kier molecular flexibility index (Phi) is 3.33. The molecule has 1 fully saturated rings. The number of piperazine rings is 1. The van der Waals surface area contributed by atoms with Gasteiger partial charge in [-0.3, -0.25) is 14.8 Å². The smallest absolute Gasteiger partial charge is 0.259 e. The average Bonchev–Trinajstić information content (AvgIpc) is 2.74. The van der Waals surface area contributed by atoms with Crippen molar-refractivity contribution in [3.05, 3.63) is 11.8 Å². The summed E-state index contributed by atoms with van der Waals surface area (Å²) >= 11 is 0. The van der Waals surface area contributed by atoms with Gasteiger partial charge in [0.15, 0.2) is 0 Å². The Hall–Kier alpha value is -1.56. The number of hydrogen-bond acceptors (Lipinski definition) is 4. The van der Waals surface area contributed by atoms with E-state index in [1.165, 1.54) is 6.20 Å². The second-order valence-electron chi connectivity index (χ2n) is 4.43. The van der Waals surface area contributed by atoms with Crippen LogP contribution in [-0.2, 0) is 0 Å². The van der Waals surface area contributed by atoms with Crippen LogP contribution in [0.3, 0.4) is 0 Å². The number of carbonyl (C=O) groups is 1. The topological polar surface area (TPSA) is 78.2 Å². The fourth-order valence-corrected chi connectivity index (χ4v) is 2.29. The molecule has 2 rings (SSSR count). The number of nitrogens with zero attached hydrogens (tertiary/aromatic N) is 3. The largest absolute Gasteiger partial charge is 0.383 e. The van der Waals surface area contributed by atoms with Crippen LogP contribution in [0.5, 0.6) is 0 Å². The van der Waals surface area contributed by atoms with Crippen molar-refractivity contribution in [1.82, 2.24) is 20.0 Å². The monoisotopic (exact) mass is 237 g/mol. The lowest BCUT2D eigenvalue weighted by molar-refractivity contribution is 0.0529. The number of nitrogen functional groups attached to an aromatic ring is 1. The van der Waals surface area contributed by atoms with Crippen LogP contribution in [-0.4, -0.2) is 58.1 Å². The highest BCUT2D eigenvalue weighted by molar-refractivity contribution is 5.98. The summed E-state index contributed by atoms with van der Waals surface area (Å²) in [6, 6.07) is 0.394. The number of amides is 1. The van der Waals surface area contributed by atoms with Gasteiger partial charge in [-0.25, -0.2) is 0 Å². The van der Waals surface area contributed by atoms with E-state index in [4.69, 9.17) is 5.73 Å². The zero-order chi connectivity index (χ0) is 12.4. The number of rotatable bonds is 2. The molecule has 3 N–H and O–H groups in total. The van der Waals surface area contributed by atoms with E-state index in [-0.39, 0.29) is 5.91 Å². The summed E-state index contributed by atoms with van der Waals surface area (Å²) in [5, 5.41) is 6.37. The molecule has 94 valence electrons. The van der Waals surface area contributed by atoms with Gasteiger partial charge in [0.2, 0.25) is 0 Å². The summed E-state index contributed by atoms with van der Waals surface area (Å²) in [6.07, 6.45) is 1.49. The molecule has 6 heteroatoms. The van der Waals surface area contributed by atoms with Gasteiger partial charge in [0.05, 0.1) is 6.20 Å². The Labute approximate surface area is 101 Å². The first-order chi connectivity index (χ1) is 8.13. The summed E-state index contributed by atoms with van der Waals surface area (Å²) in [4.78, 5) is 16.4. The van der Waals surface area contributed by atoms with Gasteiger partial charge in [0.1, 0.15) is 11.4 Å². The molecule has 0 aliphatic carbocycles. The van der Waals surface area contributed by atoms with E-state index in [0.29, 0.717) is 17.4 Å². The van der Waals surface area contributed by atoms with E-state index in [1.54, 1.807) is 0 Å². The minimum atomic E-state index is -0.0288. The van der Waals surface area contributed by atoms with Crippen LogP contribution in [0.15, 0.2) is 6.20 Å². The van der Waals surface area contributed by atoms with Crippen LogP contribution in [0, 0.1) is 0 Å². The predicted octanol–water partition coefficient (Wildman–Crippen LogP) is 0.158. The fourth-order valence-electron chi connectivity index (χ4n) is 2.29. The molecule has 0 bridgehead atoms. The van der Waals surface area contributed by atoms with Crippen molar-refractivity contribution in [2.45, 2.75) is 19.9 Å². The lowest BCUT2D eigenvalue weighted by atomic mass is 10.1. The van der Waals surface area contributed by atoms with Crippen molar-refractivity contribution >= 4 is 11.7 Å². The number of carbonyl (C=O) groups excluding carboxylic acids is 1. The highest BCUT2D eigenvalue weighted by Gasteiger charge is 2.27. The minimum absolute atomic E-state index is 0.0288. The molecule has 1 aliphatic heterocycles. The summed E-state index contributed by atoms with van der Waals surface area (Å²) in [5.41, 5.74) is 6.13. The number of nitrogens with one attached hydrogen (secondary N) is 1. The van der Waals surface area contributed by atoms with E-state index in [0.717, 1.165) is 26.2 Å². The third-order valence-corrected chi connectivity index (χ3v) is 3.36. The quantitative estimate of drug-likeness (QED) is 0.768. The number of anilines is 1. The van der Waals surface area contributed by atoms with Gasteiger partial charge in [-0.05, 0) is 13.5 Å². The third-order valence-electron chi connectivity index (χ3n) is 3.36. The first-order valence-electron chi connectivity index (χ1n) is 5.95. The van der Waals surface area contributed by atoms with E-state index in [1.807, 2.05) is 4.90 Å². The Balaban J connectivity index is 2.05. The van der Waals surface area contributed by atoms with Crippen LogP contribution in [0.1, 0.15) is 24.2 Å². The molecule has 0 saturated carbocycles. The molecule has 1 aliphatic rings. The second kappa shape index (κ2) is 4.75. The van der Waals surface area contributed by atoms with Gasteiger partial charge in [-0.1, -0.05) is 6.92 Å². The van der Waals surface area contributed by atoms with Crippen LogP contribution >= 0.6 is 0 Å². The highest BCUT2D eigenvalue weighted by atomic mass is 16.2. The maximum atomic E-state index is 12.2. The molecular formula is C11H19N5O. The summed E-state index contributed by atoms with van der Waals surface area (Å²) < 4.78 is 0. The van der Waals surface area contributed by atoms with Crippen molar-refractivity contribution < 1.29 is 4.79 Å². The third kappa shape index (κ3) is 2.26. The predicted molar refractivity (Wildman–Crippen MR) is 65.6 cm³/mol. The SMILES string of the molecule is CCN1CCN(C(=O)c2cn[nH]c2N)CC1C. The van der Waals surface area contributed by atoms with E-state index < -0.39 is 0 Å². The molecular weight excluding hydrogens is 218 g/mol. The van der Waals surface area contributed by atoms with E-state index in [2.05, 4.69) is 28.9 Å². The zero-order valence-electron chi connectivity index (χ0n) is 10.3. The van der Waals surface area contributed by atoms with Crippen LogP contribution in [0.25, 0.3) is 0 Å². The minimum Gasteiger partial charge on any atom is -0.383 e. The molecule has 17 heavy (non-hydrogen) atoms. The summed E-state index contributed by atoms with van der Waals surface area (Å²) in [7, 11) is 0. The number of H-pyrrole nitrogens is 1. The van der Waals surface area contributed by atoms with Crippen LogP contribution < -0.4 is 5.73 Å². The van der Waals surface area contributed by atoms with Gasteiger partial charge < -0.3 is 10.6 Å². The van der Waals surface area contributed by atoms with Crippen molar-refractivity contribution in [1.29, 1.82) is 0 Å². The van der Waals surface area contributed by atoms with Gasteiger partial charge in [-0.2, -0.15) is 5.10 Å². The Morgan fingerprint density at radius 1 is 1.65 bits per heavy atom. The van der Waals surface area contributed by atoms with E-state index in [9.17, 15) is 4.79 Å². The van der Waals surface area contributed by atoms with Crippen molar-refractivity contribution in [3.63, 3.8) is 0 Å². The molecule has 0 spiro atoms. The van der Waals surface area contributed by atoms with Gasteiger partial charge >= 0.3 is 0 Å². The van der Waals surface area contributed by atoms with Crippen molar-refractivity contribution in [3.8, 4) is 0 Å². The maximum Gasteiger partial charge on any atom is 0.259 e. The number of nitrogens with two attached hydrogens (primary N) is 1. The first-order valence-corrected chi connectivity index (χ1v) is 5.95. The Bertz CT molecular complexity index is 402. The number of likely N-dealkylation sites (N-methyl/N-ethyl adjacent to an activating group) is 1. The Morgan fingerprint density at radius 3 is 2.94 bits per heavy atom. The molecule has 1 amide bonds. The van der Waals surface area contributed by atoms with E-state index >= 15 is 0 Å². The molecule has 6 nitrogen and oxygen atoms in total. The molecule has 0 aromatic carbocycles. The fraction of sp³-hybridized carbons (Fsp3) is 0.636. The molecule has 1 saturated heterocycles. The van der Waals surface area contributed by atoms with Gasteiger partial charge in [-0.15, -0.1) is 0 Å². The Morgan fingerprint density at radius 2 is 2.41 bits per heavy atom. The summed E-state index contributed by atoms with van der Waals surface area (Å²) in [5.74, 6) is 0.319.